The van der Waals surface area contributed by atoms with E-state index in [1.165, 1.54) is 0 Å². The number of carboxylic acids is 1. The molecule has 1 N–H and O–H groups in total. The predicted molar refractivity (Wildman–Crippen MR) is 21.9 cm³/mol. The zero-order valence-electron chi connectivity index (χ0n) is 3.92. The number of aliphatic carboxylic acids is 1. The van der Waals surface area contributed by atoms with Crippen molar-refractivity contribution in [1.29, 1.82) is 0 Å². The number of hydrogen-bond donors (Lipinski definition) is 1. The van der Waals surface area contributed by atoms with Gasteiger partial charge in [-0.1, -0.05) is 6.42 Å². The van der Waals surface area contributed by atoms with Crippen LogP contribution >= 0.6 is 0 Å². The second-order valence-electron chi connectivity index (χ2n) is 0.644. The summed E-state index contributed by atoms with van der Waals surface area (Å²) in [4.78, 5) is 9.31. The standard InChI is InChI=1S/C3H5O2.CH.Y/c1-2-3(4)5;;/h1-2H2,(H,4,5);1H;/q2*-1;. The molecule has 0 aromatic heterocycles. The summed E-state index contributed by atoms with van der Waals surface area (Å²) in [7, 11) is 0. The third kappa shape index (κ3) is 20.8. The third-order valence-electron chi connectivity index (χ3n) is 0.214. The monoisotopic (exact) mass is 175 g/mol. The molecule has 0 spiro atoms. The predicted octanol–water partition coefficient (Wildman–Crippen LogP) is 0.497. The molecule has 3 radical (unpaired) electrons. The molecule has 0 heterocycles. The summed E-state index contributed by atoms with van der Waals surface area (Å²) < 4.78 is 0. The van der Waals surface area contributed by atoms with E-state index in [-0.39, 0.29) is 46.6 Å². The SMILES string of the molecule is [CH-].[CH2-]CC(=O)O.[Y]. The van der Waals surface area contributed by atoms with Crippen LogP contribution in [0, 0.1) is 14.4 Å². The van der Waals surface area contributed by atoms with Crippen LogP contribution in [0.15, 0.2) is 0 Å². The third-order valence-corrected chi connectivity index (χ3v) is 0.214. The van der Waals surface area contributed by atoms with Crippen molar-refractivity contribution < 1.29 is 42.6 Å². The van der Waals surface area contributed by atoms with Gasteiger partial charge in [-0.3, -0.25) is 4.79 Å². The van der Waals surface area contributed by atoms with Gasteiger partial charge in [0.1, 0.15) is 0 Å². The van der Waals surface area contributed by atoms with Crippen molar-refractivity contribution in [2.45, 2.75) is 6.42 Å². The Balaban J connectivity index is -0.0000000800. The molecule has 0 rings (SSSR count). The Morgan fingerprint density at radius 3 is 1.86 bits per heavy atom. The topological polar surface area (TPSA) is 37.3 Å². The fourth-order valence-electron chi connectivity index (χ4n) is 0. The first-order valence-electron chi connectivity index (χ1n) is 1.28. The van der Waals surface area contributed by atoms with Crippen molar-refractivity contribution in [1.82, 2.24) is 0 Å². The van der Waals surface area contributed by atoms with Gasteiger partial charge in [0.2, 0.25) is 0 Å². The quantitative estimate of drug-likeness (QED) is 0.589. The Morgan fingerprint density at radius 1 is 1.71 bits per heavy atom. The van der Waals surface area contributed by atoms with Crippen molar-refractivity contribution in [2.75, 3.05) is 0 Å². The van der Waals surface area contributed by atoms with Crippen LogP contribution < -0.4 is 0 Å². The molecule has 0 atom stereocenters. The summed E-state index contributed by atoms with van der Waals surface area (Å²) in [6, 6.07) is 0. The van der Waals surface area contributed by atoms with Gasteiger partial charge in [-0.25, -0.2) is 0 Å². The largest absolute Gasteiger partial charge is 0.726 e. The summed E-state index contributed by atoms with van der Waals surface area (Å²) in [6.07, 6.45) is -0.0278. The molecule has 0 aliphatic heterocycles. The van der Waals surface area contributed by atoms with E-state index < -0.39 is 5.97 Å². The first-order valence-corrected chi connectivity index (χ1v) is 1.28. The van der Waals surface area contributed by atoms with Crippen LogP contribution in [0.25, 0.3) is 0 Å². The first kappa shape index (κ1) is 15.6. The normalized spacial score (nSPS) is 5.29. The van der Waals surface area contributed by atoms with E-state index in [1.807, 2.05) is 0 Å². The van der Waals surface area contributed by atoms with E-state index in [0.29, 0.717) is 0 Å². The van der Waals surface area contributed by atoms with Crippen molar-refractivity contribution in [3.8, 4) is 0 Å². The van der Waals surface area contributed by atoms with Crippen molar-refractivity contribution >= 4 is 5.97 Å². The molecule has 0 aliphatic carbocycles. The van der Waals surface area contributed by atoms with E-state index in [1.54, 1.807) is 0 Å². The maximum Gasteiger partial charge on any atom is 0.272 e. The van der Waals surface area contributed by atoms with E-state index in [0.717, 1.165) is 0 Å². The molecule has 0 fully saturated rings. The second kappa shape index (κ2) is 9.76. The van der Waals surface area contributed by atoms with Gasteiger partial charge in [-0.15, -0.1) is 0 Å². The second-order valence-corrected chi connectivity index (χ2v) is 0.644. The van der Waals surface area contributed by atoms with E-state index in [9.17, 15) is 4.79 Å². The van der Waals surface area contributed by atoms with Crippen LogP contribution in [0.4, 0.5) is 0 Å². The van der Waals surface area contributed by atoms with Gasteiger partial charge in [-0.2, -0.15) is 0 Å². The molecular weight excluding hydrogens is 169 g/mol. The van der Waals surface area contributed by atoms with Gasteiger partial charge in [-0.05, 0) is 0 Å². The van der Waals surface area contributed by atoms with Gasteiger partial charge in [0.15, 0.2) is 0 Å². The molecule has 0 saturated heterocycles. The molecule has 3 heteroatoms. The average Bonchev–Trinajstić information content (AvgIpc) is 1.38. The van der Waals surface area contributed by atoms with Crippen molar-refractivity contribution in [3.63, 3.8) is 0 Å². The molecule has 0 amide bonds. The Hall–Kier alpha value is 0.574. The van der Waals surface area contributed by atoms with Crippen LogP contribution in [-0.2, 0) is 37.5 Å². The van der Waals surface area contributed by atoms with Crippen molar-refractivity contribution in [2.24, 2.45) is 0 Å². The Kier molecular flexibility index (Phi) is 21.8. The molecule has 0 aliphatic rings. The molecule has 0 saturated carbocycles. The molecule has 0 aromatic rings. The zero-order valence-corrected chi connectivity index (χ0v) is 6.76. The van der Waals surface area contributed by atoms with Gasteiger partial charge in [0, 0.05) is 32.7 Å². The van der Waals surface area contributed by atoms with Crippen molar-refractivity contribution in [3.05, 3.63) is 14.4 Å². The number of carbonyl (C=O) groups is 1. The fraction of sp³-hybridized carbons (Fsp3) is 0.250. The maximum atomic E-state index is 9.31. The smallest absolute Gasteiger partial charge is 0.272 e. The van der Waals surface area contributed by atoms with Crippen LogP contribution in [-0.4, -0.2) is 11.1 Å². The molecule has 0 aromatic carbocycles. The first-order chi connectivity index (χ1) is 2.27. The number of carboxylic acid groups (broad SMARTS) is 1. The summed E-state index contributed by atoms with van der Waals surface area (Å²) >= 11 is 0. The number of rotatable bonds is 1. The Bertz CT molecular complexity index is 45.0. The van der Waals surface area contributed by atoms with Gasteiger partial charge in [0.05, 0.1) is 0 Å². The summed E-state index contributed by atoms with van der Waals surface area (Å²) in [5.41, 5.74) is 0. The van der Waals surface area contributed by atoms with E-state index in [4.69, 9.17) is 5.11 Å². The average molecular weight is 175 g/mol. The Labute approximate surface area is 69.2 Å². The molecule has 0 unspecified atom stereocenters. The minimum atomic E-state index is -0.856. The van der Waals surface area contributed by atoms with Gasteiger partial charge >= 0.3 is 0 Å². The number of hydrogen-bond acceptors (Lipinski definition) is 1. The Morgan fingerprint density at radius 2 is 1.86 bits per heavy atom. The summed E-state index contributed by atoms with van der Waals surface area (Å²) in [6.45, 7) is 3.09. The summed E-state index contributed by atoms with van der Waals surface area (Å²) in [5.74, 6) is -0.856. The molecule has 0 bridgehead atoms. The van der Waals surface area contributed by atoms with Gasteiger partial charge < -0.3 is 19.5 Å². The van der Waals surface area contributed by atoms with Crippen LogP contribution in [0.1, 0.15) is 6.42 Å². The van der Waals surface area contributed by atoms with Crippen LogP contribution in [0.2, 0.25) is 0 Å². The van der Waals surface area contributed by atoms with E-state index in [2.05, 4.69) is 6.92 Å². The van der Waals surface area contributed by atoms with Crippen LogP contribution in [0.5, 0.6) is 0 Å². The minimum absolute atomic E-state index is 0. The van der Waals surface area contributed by atoms with Gasteiger partial charge in [0.25, 0.3) is 5.97 Å². The molecule has 39 valence electrons. The summed E-state index contributed by atoms with van der Waals surface area (Å²) in [5, 5.41) is 7.66. The van der Waals surface area contributed by atoms with E-state index >= 15 is 0 Å². The molecule has 7 heavy (non-hydrogen) atoms. The molecular formula is C4H6O2Y-2. The maximum absolute atomic E-state index is 9.31. The fourth-order valence-corrected chi connectivity index (χ4v) is 0. The zero-order chi connectivity index (χ0) is 4.28. The minimum Gasteiger partial charge on any atom is -0.726 e. The molecule has 2 nitrogen and oxygen atoms in total. The van der Waals surface area contributed by atoms with Crippen LogP contribution in [0.3, 0.4) is 0 Å².